The number of anilines is 1. The maximum Gasteiger partial charge on any atom is 0.264 e. The molecule has 41 heavy (non-hydrogen) atoms. The largest absolute Gasteiger partial charge is 0.490 e. The Hall–Kier alpha value is -2.81. The number of carbonyl (C=O) groups is 1. The first-order chi connectivity index (χ1) is 19.7. The first-order valence-electron chi connectivity index (χ1n) is 14.4. The lowest BCUT2D eigenvalue weighted by Gasteiger charge is -2.44. The number of aryl methyl sites for hydroxylation is 1. The van der Waals surface area contributed by atoms with Crippen LogP contribution in [0.5, 0.6) is 5.75 Å². The van der Waals surface area contributed by atoms with Crippen LogP contribution < -0.4 is 14.4 Å². The van der Waals surface area contributed by atoms with Crippen LogP contribution >= 0.6 is 11.6 Å². The van der Waals surface area contributed by atoms with Gasteiger partial charge in [0.15, 0.2) is 0 Å². The number of hydrogen-bond donors (Lipinski definition) is 1. The van der Waals surface area contributed by atoms with Gasteiger partial charge in [0.1, 0.15) is 5.75 Å². The molecule has 3 aliphatic rings. The molecule has 0 bridgehead atoms. The molecule has 1 aliphatic heterocycles. The van der Waals surface area contributed by atoms with E-state index in [0.29, 0.717) is 50.4 Å². The average Bonchev–Trinajstić information content (AvgIpc) is 3.09. The van der Waals surface area contributed by atoms with Gasteiger partial charge in [-0.15, -0.1) is 13.2 Å². The van der Waals surface area contributed by atoms with E-state index in [-0.39, 0.29) is 16.7 Å². The van der Waals surface area contributed by atoms with Crippen molar-refractivity contribution in [3.63, 3.8) is 0 Å². The van der Waals surface area contributed by atoms with Crippen molar-refractivity contribution in [2.75, 3.05) is 37.8 Å². The van der Waals surface area contributed by atoms with E-state index in [1.54, 1.807) is 24.3 Å². The number of amides is 1. The average molecular weight is 599 g/mol. The van der Waals surface area contributed by atoms with Crippen molar-refractivity contribution < 1.29 is 22.7 Å². The lowest BCUT2D eigenvalue weighted by atomic mass is 9.69. The predicted octanol–water partition coefficient (Wildman–Crippen LogP) is 5.81. The van der Waals surface area contributed by atoms with Crippen LogP contribution in [0.15, 0.2) is 66.6 Å². The van der Waals surface area contributed by atoms with Crippen molar-refractivity contribution >= 4 is 33.2 Å². The fourth-order valence-corrected chi connectivity index (χ4v) is 7.67. The second-order valence-electron chi connectivity index (χ2n) is 11.5. The van der Waals surface area contributed by atoms with Crippen LogP contribution in [-0.2, 0) is 31.4 Å². The Morgan fingerprint density at radius 2 is 2.00 bits per heavy atom. The Morgan fingerprint density at radius 3 is 2.76 bits per heavy atom. The highest BCUT2D eigenvalue weighted by atomic mass is 35.5. The van der Waals surface area contributed by atoms with Gasteiger partial charge in [0, 0.05) is 29.9 Å². The Bertz CT molecular complexity index is 1410. The van der Waals surface area contributed by atoms with Crippen molar-refractivity contribution in [1.29, 1.82) is 0 Å². The molecule has 2 aliphatic carbocycles. The van der Waals surface area contributed by atoms with E-state index in [9.17, 15) is 13.2 Å². The summed E-state index contributed by atoms with van der Waals surface area (Å²) in [6, 6.07) is 11.1. The summed E-state index contributed by atoms with van der Waals surface area (Å²) in [5.41, 5.74) is 2.99. The van der Waals surface area contributed by atoms with Crippen LogP contribution in [0.2, 0.25) is 5.02 Å². The summed E-state index contributed by atoms with van der Waals surface area (Å²) in [5.74, 6) is 0.946. The third-order valence-corrected chi connectivity index (χ3v) is 10.3. The number of nitrogens with zero attached hydrogens (tertiary/aromatic N) is 1. The lowest BCUT2D eigenvalue weighted by molar-refractivity contribution is -0.119. The smallest absolute Gasteiger partial charge is 0.264 e. The number of carbonyl (C=O) groups excluding carboxylic acids is 1. The molecule has 0 radical (unpaired) electrons. The quantitative estimate of drug-likeness (QED) is 0.259. The third-order valence-electron chi connectivity index (χ3n) is 8.74. The summed E-state index contributed by atoms with van der Waals surface area (Å²) in [4.78, 5) is 14.6. The van der Waals surface area contributed by atoms with E-state index in [0.717, 1.165) is 49.4 Å². The standard InChI is InChI=1S/C32H39ClN2O5S/c1-3-5-8-31(36)34-41(37,38)27-12-14-30-29(18-27)35(19-24-9-10-25(24)20-39-16-4-2)21-32(22-40-30)15-6-7-23-17-26(33)11-13-28(23)32/h3-4,11-14,17-18,24-25H,1-2,5-10,15-16,19-22H2,(H,34,36)/t24-,25-,32-/m0/s1. The summed E-state index contributed by atoms with van der Waals surface area (Å²) in [7, 11) is -4.05. The van der Waals surface area contributed by atoms with Crippen LogP contribution in [0.3, 0.4) is 0 Å². The monoisotopic (exact) mass is 598 g/mol. The first kappa shape index (κ1) is 29.7. The molecular weight excluding hydrogens is 560 g/mol. The Kier molecular flexibility index (Phi) is 9.12. The molecule has 0 saturated heterocycles. The number of hydrogen-bond acceptors (Lipinski definition) is 6. The molecule has 0 unspecified atom stereocenters. The Balaban J connectivity index is 1.48. The van der Waals surface area contributed by atoms with E-state index in [4.69, 9.17) is 21.1 Å². The molecule has 2 aromatic carbocycles. The SMILES string of the molecule is C=CCCC(=O)NS(=O)(=O)c1ccc2c(c1)N(C[C@@H]1CC[C@H]1COCC=C)C[C@@]1(CCCc3cc(Cl)ccc31)CO2. The number of nitrogens with one attached hydrogen (secondary N) is 1. The Morgan fingerprint density at radius 1 is 1.17 bits per heavy atom. The van der Waals surface area contributed by atoms with Gasteiger partial charge in [-0.3, -0.25) is 4.79 Å². The number of benzene rings is 2. The van der Waals surface area contributed by atoms with Crippen LogP contribution in [0.1, 0.15) is 49.7 Å². The van der Waals surface area contributed by atoms with Gasteiger partial charge >= 0.3 is 0 Å². The van der Waals surface area contributed by atoms with Gasteiger partial charge in [0.2, 0.25) is 5.91 Å². The molecule has 1 spiro atoms. The molecule has 3 atom stereocenters. The van der Waals surface area contributed by atoms with E-state index in [1.807, 2.05) is 6.07 Å². The first-order valence-corrected chi connectivity index (χ1v) is 16.3. The molecular formula is C32H39ClN2O5S. The fraction of sp³-hybridized carbons (Fsp3) is 0.469. The van der Waals surface area contributed by atoms with E-state index in [2.05, 4.69) is 34.9 Å². The highest BCUT2D eigenvalue weighted by molar-refractivity contribution is 7.90. The van der Waals surface area contributed by atoms with Crippen LogP contribution in [-0.4, -0.2) is 47.2 Å². The van der Waals surface area contributed by atoms with Crippen LogP contribution in [0.4, 0.5) is 5.69 Å². The van der Waals surface area contributed by atoms with Gasteiger partial charge < -0.3 is 14.4 Å². The number of halogens is 1. The maximum atomic E-state index is 13.2. The minimum atomic E-state index is -4.05. The van der Waals surface area contributed by atoms with E-state index >= 15 is 0 Å². The molecule has 1 fully saturated rings. The van der Waals surface area contributed by atoms with Crippen molar-refractivity contribution in [2.24, 2.45) is 11.8 Å². The van der Waals surface area contributed by atoms with Gasteiger partial charge in [0.25, 0.3) is 10.0 Å². The van der Waals surface area contributed by atoms with Crippen LogP contribution in [0, 0.1) is 11.8 Å². The van der Waals surface area contributed by atoms with Gasteiger partial charge in [-0.1, -0.05) is 29.8 Å². The lowest BCUT2D eigenvalue weighted by Crippen LogP contribution is -2.48. The number of sulfonamides is 1. The van der Waals surface area contributed by atoms with E-state index < -0.39 is 15.9 Å². The molecule has 220 valence electrons. The van der Waals surface area contributed by atoms with E-state index in [1.165, 1.54) is 17.2 Å². The topological polar surface area (TPSA) is 84.9 Å². The molecule has 5 rings (SSSR count). The summed E-state index contributed by atoms with van der Waals surface area (Å²) >= 11 is 6.37. The molecule has 2 aromatic rings. The summed E-state index contributed by atoms with van der Waals surface area (Å²) in [6.45, 7) is 10.5. The molecule has 1 amide bonds. The van der Waals surface area contributed by atoms with Gasteiger partial charge in [0.05, 0.1) is 30.4 Å². The van der Waals surface area contributed by atoms with Gasteiger partial charge in [-0.25, -0.2) is 13.1 Å². The summed E-state index contributed by atoms with van der Waals surface area (Å²) < 4.78 is 40.9. The minimum Gasteiger partial charge on any atom is -0.490 e. The van der Waals surface area contributed by atoms with Crippen molar-refractivity contribution in [3.8, 4) is 5.75 Å². The number of rotatable bonds is 11. The highest BCUT2D eigenvalue weighted by Crippen LogP contribution is 2.46. The fourth-order valence-electron chi connectivity index (χ4n) is 6.44. The zero-order chi connectivity index (χ0) is 29.0. The number of fused-ring (bicyclic) bond motifs is 3. The molecule has 7 nitrogen and oxygen atoms in total. The molecule has 0 aromatic heterocycles. The Labute approximate surface area is 248 Å². The number of ether oxygens (including phenoxy) is 2. The zero-order valence-electron chi connectivity index (χ0n) is 23.4. The van der Waals surface area contributed by atoms with Gasteiger partial charge in [-0.2, -0.15) is 0 Å². The van der Waals surface area contributed by atoms with Crippen molar-refractivity contribution in [2.45, 2.75) is 55.3 Å². The highest BCUT2D eigenvalue weighted by Gasteiger charge is 2.43. The minimum absolute atomic E-state index is 0.0445. The van der Waals surface area contributed by atoms with Gasteiger partial charge in [-0.05, 0) is 91.8 Å². The molecule has 1 saturated carbocycles. The number of allylic oxidation sites excluding steroid dienone is 1. The summed E-state index contributed by atoms with van der Waals surface area (Å²) in [5, 5.41) is 0.734. The van der Waals surface area contributed by atoms with Crippen LogP contribution in [0.25, 0.3) is 0 Å². The van der Waals surface area contributed by atoms with Crippen molar-refractivity contribution in [3.05, 3.63) is 77.9 Å². The maximum absolute atomic E-state index is 13.2. The normalized spacial score (nSPS) is 23.4. The second-order valence-corrected chi connectivity index (χ2v) is 13.6. The predicted molar refractivity (Wildman–Crippen MR) is 162 cm³/mol. The zero-order valence-corrected chi connectivity index (χ0v) is 25.0. The molecule has 1 heterocycles. The summed E-state index contributed by atoms with van der Waals surface area (Å²) in [6.07, 6.45) is 8.99. The second kappa shape index (κ2) is 12.6. The third kappa shape index (κ3) is 6.50. The molecule has 9 heteroatoms. The molecule has 1 N–H and O–H groups in total. The van der Waals surface area contributed by atoms with Crippen molar-refractivity contribution in [1.82, 2.24) is 4.72 Å².